The SMILES string of the molecule is O=C(O)CN(CCN(CC(=O)O)CC(=O)N(CCCCCCOC1O[C@H](CO)[C@@H](O)[C@H](O)[C@@H]1O)CCCCCCOC1O[C@H](CO)[C@@H](O)[C@H](O)[C@@H]1O)CCN(CC(=O)O)CC(=O)N(CCCCCCOC1O[C@@H](CO)[C@H](O)[C@@H](O)[C@H]1O)CCCCCCOC1O[C@@H](CO)[C@H](O)[C@@H](O)[C@H]1O. The van der Waals surface area contributed by atoms with E-state index in [1.165, 1.54) is 14.7 Å². The summed E-state index contributed by atoms with van der Waals surface area (Å²) in [5.74, 6) is -4.71. The van der Waals surface area contributed by atoms with Crippen molar-refractivity contribution in [2.45, 2.75) is 226 Å². The Morgan fingerprint density at radius 2 is 0.475 bits per heavy atom. The normalized spacial score (nSPS) is 30.5. The number of hydrogen-bond acceptors (Lipinski definition) is 32. The maximum Gasteiger partial charge on any atom is 0.317 e. The molecule has 19 N–H and O–H groups in total. The molecule has 37 heteroatoms. The summed E-state index contributed by atoms with van der Waals surface area (Å²) in [5, 5.41) is 190. The van der Waals surface area contributed by atoms with Crippen LogP contribution in [0, 0.1) is 0 Å². The van der Waals surface area contributed by atoms with E-state index in [0.29, 0.717) is 103 Å². The molecule has 4 unspecified atom stereocenters. The van der Waals surface area contributed by atoms with Gasteiger partial charge in [-0.15, -0.1) is 0 Å². The second-order valence-electron chi connectivity index (χ2n) is 25.6. The highest BCUT2D eigenvalue weighted by Gasteiger charge is 2.47. The molecule has 0 bridgehead atoms. The molecule has 4 heterocycles. The Balaban J connectivity index is 1.37. The lowest BCUT2D eigenvalue weighted by molar-refractivity contribution is -0.301. The van der Waals surface area contributed by atoms with E-state index in [4.69, 9.17) is 37.9 Å². The summed E-state index contributed by atoms with van der Waals surface area (Å²) in [6.45, 7) is -4.28. The molecule has 4 rings (SSSR count). The minimum atomic E-state index is -1.61. The van der Waals surface area contributed by atoms with E-state index in [2.05, 4.69) is 0 Å². The quantitative estimate of drug-likeness (QED) is 0.0252. The molecule has 4 fully saturated rings. The molecular formula is C62H113N5O32. The molecule has 0 spiro atoms. The molecule has 37 nitrogen and oxygen atoms in total. The molecular weight excluding hydrogens is 1330 g/mol. The van der Waals surface area contributed by atoms with Crippen LogP contribution in [0.5, 0.6) is 0 Å². The Kier molecular flexibility index (Phi) is 42.1. The third-order valence-corrected chi connectivity index (χ3v) is 17.8. The fourth-order valence-corrected chi connectivity index (χ4v) is 11.8. The zero-order valence-corrected chi connectivity index (χ0v) is 56.3. The van der Waals surface area contributed by atoms with Crippen LogP contribution >= 0.6 is 0 Å². The van der Waals surface area contributed by atoms with E-state index in [0.717, 1.165) is 0 Å². The van der Waals surface area contributed by atoms with Gasteiger partial charge in [-0.2, -0.15) is 0 Å². The van der Waals surface area contributed by atoms with Crippen molar-refractivity contribution in [1.82, 2.24) is 24.5 Å². The maximum absolute atomic E-state index is 14.2. The first-order valence-electron chi connectivity index (χ1n) is 34.3. The van der Waals surface area contributed by atoms with Crippen LogP contribution in [0.25, 0.3) is 0 Å². The van der Waals surface area contributed by atoms with Gasteiger partial charge in [-0.1, -0.05) is 51.4 Å². The van der Waals surface area contributed by atoms with Crippen molar-refractivity contribution >= 4 is 29.7 Å². The fourth-order valence-electron chi connectivity index (χ4n) is 11.8. The molecule has 0 radical (unpaired) electrons. The second-order valence-corrected chi connectivity index (χ2v) is 25.6. The lowest BCUT2D eigenvalue weighted by Crippen LogP contribution is -2.59. The van der Waals surface area contributed by atoms with Gasteiger partial charge in [0.15, 0.2) is 25.2 Å². The highest BCUT2D eigenvalue weighted by Crippen LogP contribution is 2.27. The van der Waals surface area contributed by atoms with E-state index in [9.17, 15) is 121 Å². The number of nitrogens with zero attached hydrogens (tertiary/aromatic N) is 5. The lowest BCUT2D eigenvalue weighted by Gasteiger charge is -2.39. The summed E-state index contributed by atoms with van der Waals surface area (Å²) in [7, 11) is 0. The van der Waals surface area contributed by atoms with Crippen LogP contribution in [0.4, 0.5) is 0 Å². The number of aliphatic carboxylic acids is 3. The molecule has 4 aliphatic rings. The number of unbranched alkanes of at least 4 members (excludes halogenated alkanes) is 12. The summed E-state index contributed by atoms with van der Waals surface area (Å²) in [6.07, 6.45) is -20.3. The van der Waals surface area contributed by atoms with E-state index >= 15 is 0 Å². The number of carboxylic acids is 3. The molecule has 2 amide bonds. The van der Waals surface area contributed by atoms with Crippen molar-refractivity contribution in [3.63, 3.8) is 0 Å². The number of hydrogen-bond donors (Lipinski definition) is 19. The van der Waals surface area contributed by atoms with Crippen LogP contribution in [0.3, 0.4) is 0 Å². The van der Waals surface area contributed by atoms with Gasteiger partial charge in [0.1, 0.15) is 97.7 Å². The van der Waals surface area contributed by atoms with Crippen LogP contribution in [0.1, 0.15) is 103 Å². The highest BCUT2D eigenvalue weighted by atomic mass is 16.7. The topological polar surface area (TPSA) is 560 Å². The third-order valence-electron chi connectivity index (χ3n) is 17.8. The number of aliphatic hydroxyl groups excluding tert-OH is 16. The molecule has 0 aromatic carbocycles. The molecule has 0 aliphatic carbocycles. The van der Waals surface area contributed by atoms with Crippen molar-refractivity contribution in [2.75, 3.05) is 138 Å². The van der Waals surface area contributed by atoms with Crippen molar-refractivity contribution in [1.29, 1.82) is 0 Å². The van der Waals surface area contributed by atoms with Crippen molar-refractivity contribution in [3.8, 4) is 0 Å². The highest BCUT2D eigenvalue weighted by molar-refractivity contribution is 5.80. The zero-order chi connectivity index (χ0) is 73.1. The van der Waals surface area contributed by atoms with E-state index in [1.54, 1.807) is 9.80 Å². The molecule has 20 atom stereocenters. The van der Waals surface area contributed by atoms with Crippen LogP contribution in [0.2, 0.25) is 0 Å². The molecule has 578 valence electrons. The first-order chi connectivity index (χ1) is 47.3. The number of rotatable bonds is 52. The lowest BCUT2D eigenvalue weighted by atomic mass is 9.99. The van der Waals surface area contributed by atoms with Gasteiger partial charge in [0.2, 0.25) is 11.8 Å². The van der Waals surface area contributed by atoms with Crippen LogP contribution in [-0.2, 0) is 61.9 Å². The van der Waals surface area contributed by atoms with Gasteiger partial charge in [-0.25, -0.2) is 0 Å². The first kappa shape index (κ1) is 87.7. The molecule has 4 aliphatic heterocycles. The van der Waals surface area contributed by atoms with Gasteiger partial charge in [0.25, 0.3) is 0 Å². The molecule has 99 heavy (non-hydrogen) atoms. The average molecular weight is 1440 g/mol. The Morgan fingerprint density at radius 1 is 0.263 bits per heavy atom. The summed E-state index contributed by atoms with van der Waals surface area (Å²) >= 11 is 0. The largest absolute Gasteiger partial charge is 0.480 e. The number of amides is 2. The summed E-state index contributed by atoms with van der Waals surface area (Å²) in [4.78, 5) is 72.6. The fraction of sp³-hybridized carbons (Fsp3) is 0.919. The van der Waals surface area contributed by atoms with Crippen molar-refractivity contribution < 1.29 is 159 Å². The van der Waals surface area contributed by atoms with E-state index in [1.807, 2.05) is 0 Å². The number of carboxylic acid groups (broad SMARTS) is 3. The summed E-state index contributed by atoms with van der Waals surface area (Å²) in [6, 6.07) is 0. The summed E-state index contributed by atoms with van der Waals surface area (Å²) in [5.41, 5.74) is 0. The van der Waals surface area contributed by atoms with Crippen LogP contribution in [0.15, 0.2) is 0 Å². The Hall–Kier alpha value is -3.73. The Bertz CT molecular complexity index is 2010. The van der Waals surface area contributed by atoms with Gasteiger partial charge in [0.05, 0.1) is 59.2 Å². The van der Waals surface area contributed by atoms with E-state index < -0.39 is 212 Å². The molecule has 0 aromatic heterocycles. The average Bonchev–Trinajstić information content (AvgIpc) is 0.845. The number of aliphatic hydroxyl groups is 16. The zero-order valence-electron chi connectivity index (χ0n) is 56.3. The number of carbonyl (C=O) groups excluding carboxylic acids is 2. The van der Waals surface area contributed by atoms with Crippen molar-refractivity contribution in [3.05, 3.63) is 0 Å². The standard InChI is InChI=1S/C62H113N5O32/c68-34-38-47(80)51(84)55(88)59(96-38)92-25-13-5-1-9-17-66(18-10-2-6-14-26-93-60-56(89)52(85)48(81)39(35-69)97-60)42(72)29-64(32-45(76)77)23-21-63(31-44(74)75)22-24-65(33-46(78)79)30-43(73)67(19-11-3-7-15-27-94-61-57(90)53(86)49(82)40(36-70)98-61)20-12-4-8-16-28-95-62-58(91)54(87)50(83)41(37-71)99-62/h38-41,47-62,68-71,80-91H,1-37H2,(H,74,75)(H,76,77)(H,78,79)/t38-,39-,40+,41+,47-,48-,49+,50+,51+,52+,53-,54-,55+,56+,57-,58-,59?,60?,61?,62?. The smallest absolute Gasteiger partial charge is 0.317 e. The van der Waals surface area contributed by atoms with E-state index in [-0.39, 0.29) is 78.8 Å². The Morgan fingerprint density at radius 3 is 0.697 bits per heavy atom. The minimum Gasteiger partial charge on any atom is -0.480 e. The Labute approximate surface area is 575 Å². The molecule has 0 saturated carbocycles. The maximum atomic E-state index is 14.2. The van der Waals surface area contributed by atoms with Gasteiger partial charge < -0.3 is 145 Å². The van der Waals surface area contributed by atoms with Crippen LogP contribution < -0.4 is 0 Å². The molecule has 0 aromatic rings. The van der Waals surface area contributed by atoms with Gasteiger partial charge in [-0.05, 0) is 51.4 Å². The van der Waals surface area contributed by atoms with Gasteiger partial charge in [-0.3, -0.25) is 38.7 Å². The third kappa shape index (κ3) is 30.5. The van der Waals surface area contributed by atoms with Crippen molar-refractivity contribution in [2.24, 2.45) is 0 Å². The van der Waals surface area contributed by atoms with Gasteiger partial charge >= 0.3 is 17.9 Å². The molecule has 4 saturated heterocycles. The monoisotopic (exact) mass is 1440 g/mol. The summed E-state index contributed by atoms with van der Waals surface area (Å²) < 4.78 is 44.0. The van der Waals surface area contributed by atoms with Crippen LogP contribution in [-0.4, -0.2) is 412 Å². The van der Waals surface area contributed by atoms with Gasteiger partial charge in [0, 0.05) is 78.8 Å². The number of carbonyl (C=O) groups is 5. The first-order valence-corrected chi connectivity index (χ1v) is 34.3. The minimum absolute atomic E-state index is 0.0794. The number of ether oxygens (including phenoxy) is 8. The predicted octanol–water partition coefficient (Wildman–Crippen LogP) is -7.69. The second kappa shape index (κ2) is 47.6. The predicted molar refractivity (Wildman–Crippen MR) is 338 cm³/mol.